The molecule has 0 N–H and O–H groups in total. The van der Waals surface area contributed by atoms with Crippen molar-refractivity contribution in [3.8, 4) is 6.07 Å². The van der Waals surface area contributed by atoms with Crippen molar-refractivity contribution < 1.29 is 4.39 Å². The molecule has 0 saturated heterocycles. The van der Waals surface area contributed by atoms with Crippen LogP contribution >= 0.6 is 0 Å². The molecule has 1 aliphatic rings. The zero-order valence-corrected chi connectivity index (χ0v) is 14.5. The summed E-state index contributed by atoms with van der Waals surface area (Å²) >= 11 is 0. The largest absolute Gasteiger partial charge is 0.206 e. The average molecular weight is 317 g/mol. The summed E-state index contributed by atoms with van der Waals surface area (Å²) in [5.74, 6) is -0.493. The lowest BCUT2D eigenvalue weighted by atomic mass is 9.87. The van der Waals surface area contributed by atoms with Gasteiger partial charge in [-0.3, -0.25) is 0 Å². The van der Waals surface area contributed by atoms with E-state index in [2.05, 4.69) is 26.0 Å². The highest BCUT2D eigenvalue weighted by molar-refractivity contribution is 6.10. The molecule has 1 aromatic rings. The van der Waals surface area contributed by atoms with Crippen LogP contribution in [0.1, 0.15) is 44.7 Å². The first-order valence-corrected chi connectivity index (χ1v) is 8.11. The van der Waals surface area contributed by atoms with Crippen LogP contribution in [0.25, 0.3) is 5.57 Å². The van der Waals surface area contributed by atoms with Crippen LogP contribution in [0.15, 0.2) is 58.7 Å². The summed E-state index contributed by atoms with van der Waals surface area (Å²) in [5, 5.41) is 8.92. The Morgan fingerprint density at radius 1 is 1.29 bits per heavy atom. The summed E-state index contributed by atoms with van der Waals surface area (Å²) in [6.45, 7) is 6.15. The Bertz CT molecular complexity index is 804. The molecule has 1 aromatic carbocycles. The Labute approximate surface area is 145 Å². The lowest BCUT2D eigenvalue weighted by Gasteiger charge is -2.17. The van der Waals surface area contributed by atoms with Gasteiger partial charge in [-0.1, -0.05) is 41.8 Å². The summed E-state index contributed by atoms with van der Waals surface area (Å²) in [5.41, 5.74) is 6.55. The molecule has 0 unspecified atom stereocenters. The average Bonchev–Trinajstić information content (AvgIpc) is 2.59. The lowest BCUT2D eigenvalue weighted by Crippen LogP contribution is -1.97. The monoisotopic (exact) mass is 317 g/mol. The fourth-order valence-electron chi connectivity index (χ4n) is 2.71. The Balaban J connectivity index is 2.59. The van der Waals surface area contributed by atoms with Gasteiger partial charge in [0.05, 0.1) is 13.4 Å². The van der Waals surface area contributed by atoms with Gasteiger partial charge in [-0.05, 0) is 68.0 Å². The van der Waals surface area contributed by atoms with E-state index in [1.807, 2.05) is 19.1 Å². The predicted molar refractivity (Wildman–Crippen MR) is 99.1 cm³/mol. The topological polar surface area (TPSA) is 23.8 Å². The quantitative estimate of drug-likeness (QED) is 0.518. The van der Waals surface area contributed by atoms with Crippen molar-refractivity contribution in [1.82, 2.24) is 0 Å². The zero-order valence-electron chi connectivity index (χ0n) is 14.5. The highest BCUT2D eigenvalue weighted by Gasteiger charge is 2.12. The van der Waals surface area contributed by atoms with Crippen molar-refractivity contribution in [2.75, 3.05) is 0 Å². The minimum Gasteiger partial charge on any atom is -0.206 e. The van der Waals surface area contributed by atoms with Crippen LogP contribution in [0.5, 0.6) is 0 Å². The van der Waals surface area contributed by atoms with E-state index < -0.39 is 5.82 Å². The molecule has 3 heteroatoms. The number of nitrogens with zero attached hydrogens (tertiary/aromatic N) is 1. The number of halogens is 1. The summed E-state index contributed by atoms with van der Waals surface area (Å²) in [4.78, 5) is 0. The Morgan fingerprint density at radius 3 is 2.58 bits per heavy atom. The first kappa shape index (κ1) is 18.0. The number of nitriles is 1. The van der Waals surface area contributed by atoms with Gasteiger partial charge in [-0.25, -0.2) is 4.39 Å². The van der Waals surface area contributed by atoms with Gasteiger partial charge in [0, 0.05) is 0 Å². The van der Waals surface area contributed by atoms with Gasteiger partial charge in [0.15, 0.2) is 0 Å². The van der Waals surface area contributed by atoms with Gasteiger partial charge in [0.2, 0.25) is 0 Å². The zero-order chi connectivity index (χ0) is 17.7. The molecule has 0 saturated carbocycles. The third-order valence-corrected chi connectivity index (χ3v) is 4.36. The van der Waals surface area contributed by atoms with Crippen molar-refractivity contribution >= 4 is 13.4 Å². The molecular weight excluding hydrogens is 296 g/mol. The fourth-order valence-corrected chi connectivity index (χ4v) is 2.71. The van der Waals surface area contributed by atoms with Crippen LogP contribution in [0, 0.1) is 17.1 Å². The van der Waals surface area contributed by atoms with Crippen molar-refractivity contribution in [3.63, 3.8) is 0 Å². The molecule has 0 heterocycles. The molecule has 2 radical (unpaired) electrons. The molecule has 2 rings (SSSR count). The van der Waals surface area contributed by atoms with E-state index in [1.54, 1.807) is 6.07 Å². The standard InChI is InChI=1S/C21H21BFN/c1-14-4-6-17(7-5-14)16(3)20(10-15(2)12-22)18-8-9-19(13-24)21(23)11-18/h4,6,8-11H,5,7,12H2,1-3H3/b15-10+,20-16-. The van der Waals surface area contributed by atoms with E-state index in [0.29, 0.717) is 6.32 Å². The summed E-state index contributed by atoms with van der Waals surface area (Å²) in [6.07, 6.45) is 8.76. The molecule has 0 amide bonds. The molecule has 1 aliphatic carbocycles. The molecule has 0 bridgehead atoms. The van der Waals surface area contributed by atoms with Crippen LogP contribution in [0.4, 0.5) is 4.39 Å². The molecule has 1 nitrogen and oxygen atoms in total. The Hall–Kier alpha value is -2.34. The summed E-state index contributed by atoms with van der Waals surface area (Å²) in [6, 6.07) is 6.63. The van der Waals surface area contributed by atoms with Crippen LogP contribution in [-0.4, -0.2) is 7.85 Å². The number of rotatable bonds is 4. The fraction of sp³-hybridized carbons (Fsp3) is 0.286. The van der Waals surface area contributed by atoms with Crippen molar-refractivity contribution in [1.29, 1.82) is 5.26 Å². The Morgan fingerprint density at radius 2 is 2.04 bits per heavy atom. The maximum absolute atomic E-state index is 14.1. The van der Waals surface area contributed by atoms with Gasteiger partial charge in [-0.2, -0.15) is 5.26 Å². The van der Waals surface area contributed by atoms with Gasteiger partial charge >= 0.3 is 0 Å². The van der Waals surface area contributed by atoms with E-state index >= 15 is 0 Å². The van der Waals surface area contributed by atoms with Crippen LogP contribution in [-0.2, 0) is 0 Å². The van der Waals surface area contributed by atoms with Crippen molar-refractivity contribution in [3.05, 3.63) is 75.7 Å². The van der Waals surface area contributed by atoms with E-state index in [1.165, 1.54) is 23.3 Å². The number of benzene rings is 1. The molecular formula is C21H21BFN. The first-order chi connectivity index (χ1) is 11.5. The number of hydrogen-bond donors (Lipinski definition) is 0. The van der Waals surface area contributed by atoms with Gasteiger partial charge in [0.25, 0.3) is 0 Å². The first-order valence-electron chi connectivity index (χ1n) is 8.11. The maximum atomic E-state index is 14.1. The van der Waals surface area contributed by atoms with E-state index in [0.717, 1.165) is 35.1 Å². The summed E-state index contributed by atoms with van der Waals surface area (Å²) < 4.78 is 14.1. The molecule has 0 atom stereocenters. The number of allylic oxidation sites excluding steroid dienone is 8. The summed E-state index contributed by atoms with van der Waals surface area (Å²) in [7, 11) is 5.74. The third kappa shape index (κ3) is 4.14. The van der Waals surface area contributed by atoms with Crippen molar-refractivity contribution in [2.45, 2.75) is 39.9 Å². The van der Waals surface area contributed by atoms with Gasteiger partial charge in [-0.15, -0.1) is 0 Å². The van der Waals surface area contributed by atoms with Crippen LogP contribution in [0.3, 0.4) is 0 Å². The lowest BCUT2D eigenvalue weighted by molar-refractivity contribution is 0.623. The van der Waals surface area contributed by atoms with E-state index in [-0.39, 0.29) is 5.56 Å². The van der Waals surface area contributed by atoms with Crippen molar-refractivity contribution in [2.24, 2.45) is 0 Å². The van der Waals surface area contributed by atoms with Crippen LogP contribution < -0.4 is 0 Å². The second-order valence-electron chi connectivity index (χ2n) is 6.24. The number of hydrogen-bond acceptors (Lipinski definition) is 1. The van der Waals surface area contributed by atoms with Gasteiger partial charge in [0.1, 0.15) is 11.9 Å². The predicted octanol–water partition coefficient (Wildman–Crippen LogP) is 5.67. The molecule has 0 fully saturated rings. The molecule has 0 aromatic heterocycles. The third-order valence-electron chi connectivity index (χ3n) is 4.36. The molecule has 0 aliphatic heterocycles. The SMILES string of the molecule is [B]C/C(C)=C/C(=C(\C)C1=CC=C(C)CC1)c1ccc(C#N)c(F)c1. The smallest absolute Gasteiger partial charge is 0.141 e. The Kier molecular flexibility index (Phi) is 5.98. The second-order valence-corrected chi connectivity index (χ2v) is 6.24. The molecule has 24 heavy (non-hydrogen) atoms. The minimum atomic E-state index is -0.493. The second kappa shape index (κ2) is 7.97. The van der Waals surface area contributed by atoms with E-state index in [4.69, 9.17) is 13.1 Å². The maximum Gasteiger partial charge on any atom is 0.141 e. The van der Waals surface area contributed by atoms with Gasteiger partial charge < -0.3 is 0 Å². The minimum absolute atomic E-state index is 0.0609. The highest BCUT2D eigenvalue weighted by Crippen LogP contribution is 2.32. The molecule has 120 valence electrons. The van der Waals surface area contributed by atoms with E-state index in [9.17, 15) is 4.39 Å². The molecule has 0 spiro atoms. The normalized spacial score (nSPS) is 16.0. The highest BCUT2D eigenvalue weighted by atomic mass is 19.1. The van der Waals surface area contributed by atoms with Crippen LogP contribution in [0.2, 0.25) is 6.32 Å².